The van der Waals surface area contributed by atoms with Crippen molar-refractivity contribution in [3.63, 3.8) is 0 Å². The van der Waals surface area contributed by atoms with Gasteiger partial charge in [-0.25, -0.2) is 0 Å². The molecule has 1 aromatic rings. The second-order valence-electron chi connectivity index (χ2n) is 3.02. The highest BCUT2D eigenvalue weighted by atomic mass is 19.1. The number of benzene rings is 1. The van der Waals surface area contributed by atoms with Crippen LogP contribution in [0.3, 0.4) is 0 Å². The zero-order valence-corrected chi connectivity index (χ0v) is 7.16. The van der Waals surface area contributed by atoms with Crippen molar-refractivity contribution in [2.24, 2.45) is 0 Å². The summed E-state index contributed by atoms with van der Waals surface area (Å²) in [7, 11) is 3.51. The van der Waals surface area contributed by atoms with Crippen molar-refractivity contribution in [3.8, 4) is 0 Å². The lowest BCUT2D eigenvalue weighted by Gasteiger charge is -2.18. The van der Waals surface area contributed by atoms with Crippen molar-refractivity contribution in [3.05, 3.63) is 24.3 Å². The van der Waals surface area contributed by atoms with Gasteiger partial charge in [0.1, 0.15) is 0 Å². The minimum atomic E-state index is -1.03. The molecule has 1 heterocycles. The molecule has 0 atom stereocenters. The molecule has 2 rings (SSSR count). The van der Waals surface area contributed by atoms with Crippen molar-refractivity contribution in [1.82, 2.24) is 0 Å². The molecule has 0 amide bonds. The Morgan fingerprint density at radius 2 is 1.50 bits per heavy atom. The average Bonchev–Trinajstić information content (AvgIpc) is 2.33. The lowest BCUT2D eigenvalue weighted by Crippen LogP contribution is -2.34. The van der Waals surface area contributed by atoms with E-state index in [0.717, 1.165) is 11.4 Å². The Morgan fingerprint density at radius 1 is 1.08 bits per heavy atom. The van der Waals surface area contributed by atoms with E-state index in [1.54, 1.807) is 23.9 Å². The van der Waals surface area contributed by atoms with Gasteiger partial charge in [-0.15, -0.1) is 0 Å². The maximum Gasteiger partial charge on any atom is 0.249 e. The molecule has 1 aliphatic heterocycles. The third-order valence-corrected chi connectivity index (χ3v) is 2.28. The number of nitrogens with zero attached hydrogens (tertiary/aromatic N) is 2. The molecular weight excluding hydrogens is 155 g/mol. The Balaban J connectivity index is 2.52. The second-order valence-corrected chi connectivity index (χ2v) is 3.02. The van der Waals surface area contributed by atoms with Crippen LogP contribution >= 0.6 is 0 Å². The Hall–Kier alpha value is -1.25. The van der Waals surface area contributed by atoms with E-state index in [4.69, 9.17) is 0 Å². The molecule has 0 N–H and O–H groups in total. The lowest BCUT2D eigenvalue weighted by atomic mass is 10.3. The van der Waals surface area contributed by atoms with Crippen LogP contribution in [0.15, 0.2) is 24.3 Å². The molecule has 0 unspecified atom stereocenters. The fourth-order valence-corrected chi connectivity index (χ4v) is 1.55. The number of halogens is 1. The number of anilines is 2. The van der Waals surface area contributed by atoms with Gasteiger partial charge in [-0.2, -0.15) is 4.39 Å². The normalized spacial score (nSPS) is 16.9. The van der Waals surface area contributed by atoms with Gasteiger partial charge in [0.2, 0.25) is 6.42 Å². The van der Waals surface area contributed by atoms with E-state index in [-0.39, 0.29) is 0 Å². The third-order valence-electron chi connectivity index (χ3n) is 2.28. The SMILES string of the molecule is CN1c2ccccc2N(C)C1F. The zero-order chi connectivity index (χ0) is 8.72. The van der Waals surface area contributed by atoms with Gasteiger partial charge in [0.15, 0.2) is 0 Å². The second kappa shape index (κ2) is 2.37. The highest BCUT2D eigenvalue weighted by Gasteiger charge is 2.29. The number of para-hydroxylation sites is 2. The summed E-state index contributed by atoms with van der Waals surface area (Å²) in [6, 6.07) is 7.68. The highest BCUT2D eigenvalue weighted by Crippen LogP contribution is 2.37. The fourth-order valence-electron chi connectivity index (χ4n) is 1.55. The summed E-state index contributed by atoms with van der Waals surface area (Å²) in [6.45, 7) is 0. The predicted octanol–water partition coefficient (Wildman–Crippen LogP) is 1.83. The Bertz CT molecular complexity index is 271. The van der Waals surface area contributed by atoms with E-state index in [0.29, 0.717) is 0 Å². The molecule has 12 heavy (non-hydrogen) atoms. The molecule has 0 spiro atoms. The van der Waals surface area contributed by atoms with Crippen molar-refractivity contribution in [2.45, 2.75) is 6.42 Å². The summed E-state index contributed by atoms with van der Waals surface area (Å²) in [5.41, 5.74) is 1.90. The molecule has 2 nitrogen and oxygen atoms in total. The van der Waals surface area contributed by atoms with Crippen LogP contribution in [-0.2, 0) is 0 Å². The van der Waals surface area contributed by atoms with Gasteiger partial charge in [0.05, 0.1) is 11.4 Å². The number of hydrogen-bond donors (Lipinski definition) is 0. The Kier molecular flexibility index (Phi) is 1.46. The van der Waals surface area contributed by atoms with Gasteiger partial charge in [-0.3, -0.25) is 0 Å². The van der Waals surface area contributed by atoms with Crippen LogP contribution in [0.25, 0.3) is 0 Å². The molecule has 0 fully saturated rings. The molecule has 0 radical (unpaired) electrons. The molecule has 0 aliphatic carbocycles. The van der Waals surface area contributed by atoms with E-state index in [1.165, 1.54) is 0 Å². The van der Waals surface area contributed by atoms with Crippen LogP contribution < -0.4 is 9.80 Å². The average molecular weight is 166 g/mol. The molecule has 0 bridgehead atoms. The van der Waals surface area contributed by atoms with Gasteiger partial charge < -0.3 is 9.80 Å². The van der Waals surface area contributed by atoms with Crippen LogP contribution in [0.5, 0.6) is 0 Å². The van der Waals surface area contributed by atoms with Crippen LogP contribution in [0.4, 0.5) is 15.8 Å². The number of rotatable bonds is 0. The minimum Gasteiger partial charge on any atom is -0.326 e. The van der Waals surface area contributed by atoms with Crippen LogP contribution in [0.2, 0.25) is 0 Å². The maximum absolute atomic E-state index is 13.4. The standard InChI is InChI=1S/C9H11FN2/c1-11-7-5-3-4-6-8(7)12(2)9(11)10/h3-6,9H,1-2H3. The third kappa shape index (κ3) is 0.793. The van der Waals surface area contributed by atoms with E-state index < -0.39 is 6.42 Å². The topological polar surface area (TPSA) is 6.48 Å². The van der Waals surface area contributed by atoms with Gasteiger partial charge in [0, 0.05) is 14.1 Å². The monoisotopic (exact) mass is 166 g/mol. The molecule has 0 saturated heterocycles. The van der Waals surface area contributed by atoms with Crippen LogP contribution in [-0.4, -0.2) is 20.5 Å². The first-order chi connectivity index (χ1) is 5.72. The summed E-state index contributed by atoms with van der Waals surface area (Å²) >= 11 is 0. The van der Waals surface area contributed by atoms with E-state index >= 15 is 0 Å². The summed E-state index contributed by atoms with van der Waals surface area (Å²) in [5.74, 6) is 0. The number of fused-ring (bicyclic) bond motifs is 1. The van der Waals surface area contributed by atoms with Gasteiger partial charge in [-0.05, 0) is 12.1 Å². The predicted molar refractivity (Wildman–Crippen MR) is 48.1 cm³/mol. The van der Waals surface area contributed by atoms with E-state index in [2.05, 4.69) is 0 Å². The van der Waals surface area contributed by atoms with Gasteiger partial charge in [-0.1, -0.05) is 12.1 Å². The van der Waals surface area contributed by atoms with Gasteiger partial charge >= 0.3 is 0 Å². The first-order valence-corrected chi connectivity index (χ1v) is 3.90. The fraction of sp³-hybridized carbons (Fsp3) is 0.333. The first-order valence-electron chi connectivity index (χ1n) is 3.90. The highest BCUT2D eigenvalue weighted by molar-refractivity contribution is 5.76. The smallest absolute Gasteiger partial charge is 0.249 e. The molecule has 64 valence electrons. The summed E-state index contributed by atoms with van der Waals surface area (Å²) < 4.78 is 13.4. The molecule has 3 heteroatoms. The minimum absolute atomic E-state index is 0.951. The molecule has 1 aliphatic rings. The zero-order valence-electron chi connectivity index (χ0n) is 7.16. The molecule has 0 aromatic heterocycles. The maximum atomic E-state index is 13.4. The summed E-state index contributed by atoms with van der Waals surface area (Å²) in [6.07, 6.45) is -1.03. The number of alkyl halides is 1. The van der Waals surface area contributed by atoms with E-state index in [9.17, 15) is 4.39 Å². The van der Waals surface area contributed by atoms with Crippen molar-refractivity contribution in [1.29, 1.82) is 0 Å². The quantitative estimate of drug-likeness (QED) is 0.542. The lowest BCUT2D eigenvalue weighted by molar-refractivity contribution is 0.340. The molecule has 0 saturated carbocycles. The largest absolute Gasteiger partial charge is 0.326 e. The summed E-state index contributed by atoms with van der Waals surface area (Å²) in [5, 5.41) is 0. The Morgan fingerprint density at radius 3 is 1.92 bits per heavy atom. The summed E-state index contributed by atoms with van der Waals surface area (Å²) in [4.78, 5) is 3.24. The van der Waals surface area contributed by atoms with Crippen molar-refractivity contribution >= 4 is 11.4 Å². The van der Waals surface area contributed by atoms with Crippen LogP contribution in [0.1, 0.15) is 0 Å². The van der Waals surface area contributed by atoms with Crippen molar-refractivity contribution in [2.75, 3.05) is 23.9 Å². The van der Waals surface area contributed by atoms with Crippen molar-refractivity contribution < 1.29 is 4.39 Å². The molecule has 1 aromatic carbocycles. The van der Waals surface area contributed by atoms with Crippen LogP contribution in [0, 0.1) is 0 Å². The number of hydrogen-bond acceptors (Lipinski definition) is 2. The van der Waals surface area contributed by atoms with E-state index in [1.807, 2.05) is 24.3 Å². The Labute approximate surface area is 71.2 Å². The van der Waals surface area contributed by atoms with Gasteiger partial charge in [0.25, 0.3) is 0 Å². The first kappa shape index (κ1) is 7.40. The molecular formula is C9H11FN2.